The third-order valence-corrected chi connectivity index (χ3v) is 4.68. The van der Waals surface area contributed by atoms with Crippen molar-refractivity contribution in [3.63, 3.8) is 0 Å². The van der Waals surface area contributed by atoms with E-state index in [1.54, 1.807) is 7.05 Å². The van der Waals surface area contributed by atoms with E-state index in [0.717, 1.165) is 6.07 Å². The summed E-state index contributed by atoms with van der Waals surface area (Å²) in [6.07, 6.45) is 1.40. The molecule has 0 aliphatic carbocycles. The van der Waals surface area contributed by atoms with Gasteiger partial charge in [0, 0.05) is 18.9 Å². The van der Waals surface area contributed by atoms with Crippen molar-refractivity contribution in [2.75, 3.05) is 4.72 Å². The molecule has 1 heterocycles. The van der Waals surface area contributed by atoms with Gasteiger partial charge >= 0.3 is 0 Å². The first-order chi connectivity index (χ1) is 9.33. The zero-order valence-electron chi connectivity index (χ0n) is 10.5. The van der Waals surface area contributed by atoms with E-state index >= 15 is 0 Å². The fourth-order valence-corrected chi connectivity index (χ4v) is 3.18. The Hall–Kier alpha value is -1.38. The van der Waals surface area contributed by atoms with Gasteiger partial charge in [-0.1, -0.05) is 0 Å². The summed E-state index contributed by atoms with van der Waals surface area (Å²) in [7, 11) is -2.14. The van der Waals surface area contributed by atoms with Crippen molar-refractivity contribution >= 4 is 31.6 Å². The summed E-state index contributed by atoms with van der Waals surface area (Å²) in [6, 6.07) is 5.20. The first-order valence-corrected chi connectivity index (χ1v) is 7.85. The standard InChI is InChI=1S/C12H12BrFN2O3S/c1-16-6-10(5-9(16)7-17)20(18,19)15-8-2-3-12(14)11(13)4-8/h2-6,15,17H,7H2,1H3. The number of aliphatic hydroxyl groups excluding tert-OH is 1. The molecule has 0 saturated carbocycles. The number of nitrogens with one attached hydrogen (secondary N) is 1. The van der Waals surface area contributed by atoms with Gasteiger partial charge in [0.2, 0.25) is 0 Å². The van der Waals surface area contributed by atoms with Crippen LogP contribution in [0.1, 0.15) is 5.69 Å². The topological polar surface area (TPSA) is 71.3 Å². The van der Waals surface area contributed by atoms with E-state index in [4.69, 9.17) is 5.11 Å². The number of aromatic nitrogens is 1. The van der Waals surface area contributed by atoms with E-state index in [1.807, 2.05) is 0 Å². The molecule has 8 heteroatoms. The Morgan fingerprint density at radius 1 is 1.40 bits per heavy atom. The molecule has 0 spiro atoms. The molecule has 0 aliphatic rings. The lowest BCUT2D eigenvalue weighted by molar-refractivity contribution is 0.272. The van der Waals surface area contributed by atoms with Crippen LogP contribution in [0.3, 0.4) is 0 Å². The fraction of sp³-hybridized carbons (Fsp3) is 0.167. The Kier molecular flexibility index (Phi) is 4.17. The van der Waals surface area contributed by atoms with Crippen molar-refractivity contribution in [3.8, 4) is 0 Å². The van der Waals surface area contributed by atoms with Crippen LogP contribution in [0.15, 0.2) is 39.8 Å². The highest BCUT2D eigenvalue weighted by molar-refractivity contribution is 9.10. The van der Waals surface area contributed by atoms with E-state index in [0.29, 0.717) is 5.69 Å². The number of halogens is 2. The van der Waals surface area contributed by atoms with Crippen LogP contribution in [-0.4, -0.2) is 18.1 Å². The quantitative estimate of drug-likeness (QED) is 0.875. The van der Waals surface area contributed by atoms with Gasteiger partial charge in [-0.15, -0.1) is 0 Å². The number of rotatable bonds is 4. The lowest BCUT2D eigenvalue weighted by Crippen LogP contribution is -2.12. The summed E-state index contributed by atoms with van der Waals surface area (Å²) < 4.78 is 41.5. The Morgan fingerprint density at radius 3 is 2.65 bits per heavy atom. The maximum atomic E-state index is 13.1. The van der Waals surface area contributed by atoms with E-state index in [9.17, 15) is 12.8 Å². The number of hydrogen-bond acceptors (Lipinski definition) is 3. The Balaban J connectivity index is 2.32. The average molecular weight is 363 g/mol. The molecule has 2 rings (SSSR count). The van der Waals surface area contributed by atoms with E-state index in [2.05, 4.69) is 20.7 Å². The highest BCUT2D eigenvalue weighted by Gasteiger charge is 2.18. The molecule has 5 nitrogen and oxygen atoms in total. The van der Waals surface area contributed by atoms with E-state index < -0.39 is 15.8 Å². The molecule has 2 aromatic rings. The van der Waals surface area contributed by atoms with E-state index in [1.165, 1.54) is 29.0 Å². The normalized spacial score (nSPS) is 11.6. The van der Waals surface area contributed by atoms with Gasteiger partial charge in [-0.2, -0.15) is 0 Å². The second kappa shape index (κ2) is 5.55. The van der Waals surface area contributed by atoms with Gasteiger partial charge < -0.3 is 9.67 Å². The van der Waals surface area contributed by atoms with Crippen molar-refractivity contribution in [2.45, 2.75) is 11.5 Å². The lowest BCUT2D eigenvalue weighted by atomic mass is 10.3. The SMILES string of the molecule is Cn1cc(S(=O)(=O)Nc2ccc(F)c(Br)c2)cc1CO. The summed E-state index contributed by atoms with van der Waals surface area (Å²) >= 11 is 2.99. The smallest absolute Gasteiger partial charge is 0.263 e. The summed E-state index contributed by atoms with van der Waals surface area (Å²) in [6.45, 7) is -0.256. The van der Waals surface area contributed by atoms with Gasteiger partial charge in [0.15, 0.2) is 0 Å². The molecule has 0 aliphatic heterocycles. The molecule has 0 radical (unpaired) electrons. The second-order valence-electron chi connectivity index (χ2n) is 4.17. The summed E-state index contributed by atoms with van der Waals surface area (Å²) in [5, 5.41) is 9.07. The molecule has 0 saturated heterocycles. The highest BCUT2D eigenvalue weighted by atomic mass is 79.9. The molecule has 2 N–H and O–H groups in total. The molecular formula is C12H12BrFN2O3S. The molecule has 0 fully saturated rings. The predicted molar refractivity (Wildman–Crippen MR) is 76.2 cm³/mol. The first kappa shape index (κ1) is 15.0. The fourth-order valence-electron chi connectivity index (χ4n) is 1.65. The van der Waals surface area contributed by atoms with Crippen LogP contribution < -0.4 is 4.72 Å². The van der Waals surface area contributed by atoms with Gasteiger partial charge in [0.05, 0.1) is 16.8 Å². The van der Waals surface area contributed by atoms with Crippen LogP contribution in [-0.2, 0) is 23.7 Å². The Morgan fingerprint density at radius 2 is 2.10 bits per heavy atom. The molecular weight excluding hydrogens is 351 g/mol. The van der Waals surface area contributed by atoms with Gasteiger partial charge in [-0.05, 0) is 40.2 Å². The van der Waals surface area contributed by atoms with Gasteiger partial charge in [0.1, 0.15) is 10.7 Å². The summed E-state index contributed by atoms with van der Waals surface area (Å²) in [5.74, 6) is -0.477. The second-order valence-corrected chi connectivity index (χ2v) is 6.71. The minimum Gasteiger partial charge on any atom is -0.390 e. The van der Waals surface area contributed by atoms with Crippen molar-refractivity contribution in [1.82, 2.24) is 4.57 Å². The highest BCUT2D eigenvalue weighted by Crippen LogP contribution is 2.23. The zero-order valence-corrected chi connectivity index (χ0v) is 12.9. The van der Waals surface area contributed by atoms with Crippen LogP contribution in [0.4, 0.5) is 10.1 Å². The monoisotopic (exact) mass is 362 g/mol. The van der Waals surface area contributed by atoms with Gasteiger partial charge in [-0.25, -0.2) is 12.8 Å². The van der Waals surface area contributed by atoms with Crippen LogP contribution in [0.5, 0.6) is 0 Å². The Labute approximate surface area is 124 Å². The molecule has 1 aromatic heterocycles. The van der Waals surface area contributed by atoms with Crippen molar-refractivity contribution in [3.05, 3.63) is 46.4 Å². The van der Waals surface area contributed by atoms with E-state index in [-0.39, 0.29) is 21.7 Å². The third-order valence-electron chi connectivity index (χ3n) is 2.73. The van der Waals surface area contributed by atoms with Crippen LogP contribution in [0.2, 0.25) is 0 Å². The van der Waals surface area contributed by atoms with Crippen molar-refractivity contribution in [1.29, 1.82) is 0 Å². The summed E-state index contributed by atoms with van der Waals surface area (Å²) in [4.78, 5) is 0.0319. The average Bonchev–Trinajstić information content (AvgIpc) is 2.76. The van der Waals surface area contributed by atoms with Crippen LogP contribution in [0, 0.1) is 5.82 Å². The summed E-state index contributed by atoms with van der Waals surface area (Å²) in [5.41, 5.74) is 0.721. The lowest BCUT2D eigenvalue weighted by Gasteiger charge is -2.07. The number of aliphatic hydroxyl groups is 1. The minimum absolute atomic E-state index is 0.0319. The first-order valence-electron chi connectivity index (χ1n) is 5.57. The number of sulfonamides is 1. The maximum absolute atomic E-state index is 13.1. The third kappa shape index (κ3) is 3.02. The van der Waals surface area contributed by atoms with Gasteiger partial charge in [0.25, 0.3) is 10.0 Å². The van der Waals surface area contributed by atoms with Gasteiger partial charge in [-0.3, -0.25) is 4.72 Å². The Bertz CT molecular complexity index is 743. The van der Waals surface area contributed by atoms with Crippen LogP contribution >= 0.6 is 15.9 Å². The number of anilines is 1. The molecule has 108 valence electrons. The maximum Gasteiger partial charge on any atom is 0.263 e. The zero-order chi connectivity index (χ0) is 14.9. The molecule has 0 bridgehead atoms. The number of hydrogen-bond donors (Lipinski definition) is 2. The molecule has 1 aromatic carbocycles. The largest absolute Gasteiger partial charge is 0.390 e. The number of benzene rings is 1. The van der Waals surface area contributed by atoms with Crippen molar-refractivity contribution in [2.24, 2.45) is 7.05 Å². The van der Waals surface area contributed by atoms with Crippen molar-refractivity contribution < 1.29 is 17.9 Å². The molecule has 0 unspecified atom stereocenters. The molecule has 20 heavy (non-hydrogen) atoms. The molecule has 0 amide bonds. The minimum atomic E-state index is -3.78. The van der Waals surface area contributed by atoms with Crippen LogP contribution in [0.25, 0.3) is 0 Å². The predicted octanol–water partition coefficient (Wildman–Crippen LogP) is 2.22. The number of aryl methyl sites for hydroxylation is 1. The number of nitrogens with zero attached hydrogens (tertiary/aromatic N) is 1. The molecule has 0 atom stereocenters.